The highest BCUT2D eigenvalue weighted by Crippen LogP contribution is 2.16. The van der Waals surface area contributed by atoms with Crippen LogP contribution in [0.5, 0.6) is 0 Å². The molecule has 0 aromatic carbocycles. The first kappa shape index (κ1) is 85.7. The van der Waals surface area contributed by atoms with E-state index in [2.05, 4.69) is 184 Å². The molecular weight excluding hydrogens is 1130 g/mol. The van der Waals surface area contributed by atoms with E-state index in [1.807, 2.05) is 21.1 Å². The lowest BCUT2D eigenvalue weighted by Crippen LogP contribution is -2.40. The third-order valence-electron chi connectivity index (χ3n) is 15.0. The standard InChI is InChI=1S/C82H133NO8/c1-6-8-10-12-14-16-18-20-22-24-26-28-30-32-34-36-38-39-40-41-43-45-47-49-51-53-55-57-59-61-63-65-67-69-71-73-80(85)91-78(77-90-82(81(86)87)88-75-74-83(3,4)5)76-89-79(84)72-70-68-66-64-62-60-58-56-54-52-50-48-46-44-42-37-35-33-31-29-27-25-23-21-19-17-15-13-11-9-7-2/h8-11,14-17,20-23,26-29,32-35,38-39,41,43,47,49,53,55,78,82H,6-7,12-13,18-19,24-25,30-31,36-37,40,42,44-46,48,50-52,54,56-77H2,1-5H3/p+1/b10-8-,11-9-,16-14-,17-15-,22-20-,23-21-,28-26-,29-27-,34-32-,35-33-,39-38-,43-41-,49-47-,55-53-. The Kier molecular flexibility index (Phi) is 66.4. The smallest absolute Gasteiger partial charge is 0.361 e. The number of likely N-dealkylation sites (N-methyl/N-ethyl adjacent to an activating group) is 1. The predicted octanol–water partition coefficient (Wildman–Crippen LogP) is 23.0. The summed E-state index contributed by atoms with van der Waals surface area (Å²) >= 11 is 0. The molecule has 0 saturated heterocycles. The molecule has 0 heterocycles. The van der Waals surface area contributed by atoms with Gasteiger partial charge in [-0.05, 0) is 128 Å². The number of aliphatic carboxylic acids is 1. The SMILES string of the molecule is CC/C=C\C/C=C\C/C=C\C/C=C\C/C=C\C/C=C\C/C=C\C/C=C\C/C=C\CCCCCCCCCC(=O)OC(COC(=O)CCCCCCCCCCCCCCCCC/C=C\C/C=C\C/C=C\C/C=C\C/C=C\CC)COC(OCC[N+](C)(C)C)C(=O)O. The zero-order valence-corrected chi connectivity index (χ0v) is 58.7. The Morgan fingerprint density at radius 2 is 0.593 bits per heavy atom. The third kappa shape index (κ3) is 71.9. The Morgan fingerprint density at radius 1 is 0.330 bits per heavy atom. The van der Waals surface area contributed by atoms with Gasteiger partial charge in [0, 0.05) is 12.8 Å². The van der Waals surface area contributed by atoms with E-state index in [0.717, 1.165) is 135 Å². The summed E-state index contributed by atoms with van der Waals surface area (Å²) in [6, 6.07) is 0. The highest BCUT2D eigenvalue weighted by atomic mass is 16.7. The summed E-state index contributed by atoms with van der Waals surface area (Å²) in [6.07, 6.45) is 103. The maximum absolute atomic E-state index is 13.0. The molecule has 0 aliphatic rings. The molecule has 0 amide bonds. The Hall–Kier alpha value is -5.35. The summed E-state index contributed by atoms with van der Waals surface area (Å²) < 4.78 is 23.0. The van der Waals surface area contributed by atoms with Crippen LogP contribution >= 0.6 is 0 Å². The molecule has 1 N–H and O–H groups in total. The minimum atomic E-state index is -1.52. The van der Waals surface area contributed by atoms with Crippen molar-refractivity contribution in [1.82, 2.24) is 0 Å². The number of esters is 2. The van der Waals surface area contributed by atoms with Crippen LogP contribution in [-0.4, -0.2) is 87.4 Å². The van der Waals surface area contributed by atoms with Crippen LogP contribution < -0.4 is 0 Å². The molecule has 0 radical (unpaired) electrons. The number of allylic oxidation sites excluding steroid dienone is 28. The Labute approximate surface area is 558 Å². The van der Waals surface area contributed by atoms with Crippen molar-refractivity contribution < 1.29 is 42.9 Å². The van der Waals surface area contributed by atoms with Crippen LogP contribution in [0.4, 0.5) is 0 Å². The van der Waals surface area contributed by atoms with Gasteiger partial charge in [-0.2, -0.15) is 0 Å². The van der Waals surface area contributed by atoms with Gasteiger partial charge in [0.1, 0.15) is 13.2 Å². The van der Waals surface area contributed by atoms with Gasteiger partial charge in [0.05, 0.1) is 34.4 Å². The van der Waals surface area contributed by atoms with Gasteiger partial charge in [0.2, 0.25) is 0 Å². The maximum atomic E-state index is 13.0. The monoisotopic (exact) mass is 1260 g/mol. The number of rotatable bonds is 65. The Bertz CT molecular complexity index is 2100. The third-order valence-corrected chi connectivity index (χ3v) is 15.0. The summed E-state index contributed by atoms with van der Waals surface area (Å²) in [7, 11) is 5.97. The number of unbranched alkanes of at least 4 members (excludes halogenated alkanes) is 22. The number of hydrogen-bond acceptors (Lipinski definition) is 7. The molecular formula is C82H134NO8+. The average Bonchev–Trinajstić information content (AvgIpc) is 3.46. The molecule has 0 rings (SSSR count). The first-order chi connectivity index (χ1) is 44.6. The molecule has 0 bridgehead atoms. The van der Waals surface area contributed by atoms with Gasteiger partial charge in [-0.25, -0.2) is 4.79 Å². The number of hydrogen-bond donors (Lipinski definition) is 1. The van der Waals surface area contributed by atoms with Crippen LogP contribution in [0, 0.1) is 0 Å². The van der Waals surface area contributed by atoms with Crippen molar-refractivity contribution >= 4 is 17.9 Å². The van der Waals surface area contributed by atoms with Crippen molar-refractivity contribution in [3.05, 3.63) is 170 Å². The Morgan fingerprint density at radius 3 is 0.879 bits per heavy atom. The van der Waals surface area contributed by atoms with Crippen LogP contribution in [0.1, 0.15) is 271 Å². The van der Waals surface area contributed by atoms with Crippen molar-refractivity contribution in [3.63, 3.8) is 0 Å². The lowest BCUT2D eigenvalue weighted by molar-refractivity contribution is -0.870. The van der Waals surface area contributed by atoms with Crippen molar-refractivity contribution in [2.45, 2.75) is 283 Å². The van der Waals surface area contributed by atoms with E-state index in [0.29, 0.717) is 23.9 Å². The van der Waals surface area contributed by atoms with E-state index in [4.69, 9.17) is 18.9 Å². The summed E-state index contributed by atoms with van der Waals surface area (Å²) in [6.45, 7) is 4.63. The molecule has 514 valence electrons. The van der Waals surface area contributed by atoms with Crippen molar-refractivity contribution in [2.24, 2.45) is 0 Å². The van der Waals surface area contributed by atoms with Crippen molar-refractivity contribution in [1.29, 1.82) is 0 Å². The fraction of sp³-hybridized carbons (Fsp3) is 0.622. The molecule has 9 heteroatoms. The van der Waals surface area contributed by atoms with Gasteiger partial charge in [-0.3, -0.25) is 9.59 Å². The van der Waals surface area contributed by atoms with E-state index in [9.17, 15) is 19.5 Å². The highest BCUT2D eigenvalue weighted by molar-refractivity contribution is 5.71. The number of carbonyl (C=O) groups is 3. The zero-order chi connectivity index (χ0) is 66.1. The van der Waals surface area contributed by atoms with Crippen LogP contribution in [0.15, 0.2) is 170 Å². The first-order valence-electron chi connectivity index (χ1n) is 36.3. The predicted molar refractivity (Wildman–Crippen MR) is 391 cm³/mol. The molecule has 0 saturated carbocycles. The molecule has 0 aliphatic carbocycles. The topological polar surface area (TPSA) is 108 Å². The van der Waals surface area contributed by atoms with Gasteiger partial charge in [-0.1, -0.05) is 300 Å². The molecule has 0 fully saturated rings. The summed E-state index contributed by atoms with van der Waals surface area (Å²) in [5, 5.41) is 9.76. The van der Waals surface area contributed by atoms with E-state index in [1.165, 1.54) is 103 Å². The van der Waals surface area contributed by atoms with Gasteiger partial charge < -0.3 is 28.5 Å². The minimum absolute atomic E-state index is 0.177. The number of quaternary nitrogens is 1. The zero-order valence-electron chi connectivity index (χ0n) is 58.7. The second-order valence-electron chi connectivity index (χ2n) is 24.8. The van der Waals surface area contributed by atoms with Crippen LogP contribution in [0.3, 0.4) is 0 Å². The van der Waals surface area contributed by atoms with Gasteiger partial charge >= 0.3 is 17.9 Å². The second kappa shape index (κ2) is 70.5. The minimum Gasteiger partial charge on any atom is -0.477 e. The van der Waals surface area contributed by atoms with Crippen molar-refractivity contribution in [3.8, 4) is 0 Å². The van der Waals surface area contributed by atoms with Crippen molar-refractivity contribution in [2.75, 3.05) is 47.5 Å². The molecule has 91 heavy (non-hydrogen) atoms. The highest BCUT2D eigenvalue weighted by Gasteiger charge is 2.25. The fourth-order valence-electron chi connectivity index (χ4n) is 9.50. The second-order valence-corrected chi connectivity index (χ2v) is 24.8. The number of carboxylic acid groups (broad SMARTS) is 1. The molecule has 9 nitrogen and oxygen atoms in total. The fourth-order valence-corrected chi connectivity index (χ4v) is 9.50. The molecule has 2 atom stereocenters. The van der Waals surface area contributed by atoms with Gasteiger partial charge in [0.25, 0.3) is 6.29 Å². The largest absolute Gasteiger partial charge is 0.477 e. The molecule has 0 aliphatic heterocycles. The van der Waals surface area contributed by atoms with E-state index >= 15 is 0 Å². The normalized spacial score (nSPS) is 13.7. The number of ether oxygens (including phenoxy) is 4. The van der Waals surface area contributed by atoms with Gasteiger partial charge in [0.15, 0.2) is 6.10 Å². The van der Waals surface area contributed by atoms with E-state index in [1.54, 1.807) is 0 Å². The summed E-state index contributed by atoms with van der Waals surface area (Å²) in [5.74, 6) is -2.03. The number of nitrogens with zero attached hydrogens (tertiary/aromatic N) is 1. The summed E-state index contributed by atoms with van der Waals surface area (Å²) in [5.41, 5.74) is 0. The maximum Gasteiger partial charge on any atom is 0.361 e. The Balaban J connectivity index is 4.18. The molecule has 2 unspecified atom stereocenters. The quantitative estimate of drug-likeness (QED) is 0.0211. The van der Waals surface area contributed by atoms with Gasteiger partial charge in [-0.15, -0.1) is 0 Å². The lowest BCUT2D eigenvalue weighted by atomic mass is 10.0. The van der Waals surface area contributed by atoms with E-state index in [-0.39, 0.29) is 32.2 Å². The van der Waals surface area contributed by atoms with Crippen LogP contribution in [0.25, 0.3) is 0 Å². The van der Waals surface area contributed by atoms with E-state index < -0.39 is 24.3 Å². The molecule has 0 spiro atoms. The summed E-state index contributed by atoms with van der Waals surface area (Å²) in [4.78, 5) is 37.7. The first-order valence-corrected chi connectivity index (χ1v) is 36.3. The molecule has 0 aromatic rings. The van der Waals surface area contributed by atoms with Crippen LogP contribution in [-0.2, 0) is 33.3 Å². The number of carbonyl (C=O) groups excluding carboxylic acids is 2. The van der Waals surface area contributed by atoms with Crippen LogP contribution in [0.2, 0.25) is 0 Å². The average molecular weight is 1260 g/mol. The number of carboxylic acids is 1. The lowest BCUT2D eigenvalue weighted by Gasteiger charge is -2.25. The molecule has 0 aromatic heterocycles.